The van der Waals surface area contributed by atoms with E-state index in [2.05, 4.69) is 49.6 Å². The van der Waals surface area contributed by atoms with Gasteiger partial charge in [-0.05, 0) is 57.4 Å². The first-order chi connectivity index (χ1) is 35.3. The lowest BCUT2D eigenvalue weighted by atomic mass is 9.78. The van der Waals surface area contributed by atoms with E-state index in [4.69, 9.17) is 38.2 Å². The summed E-state index contributed by atoms with van der Waals surface area (Å²) in [6, 6.07) is 0. The Morgan fingerprint density at radius 1 is 0.987 bits per heavy atom. The molecule has 1 aromatic carbocycles. The number of phenols is 1. The maximum absolute atomic E-state index is 15.4. The zero-order chi connectivity index (χ0) is 54.6. The predicted molar refractivity (Wildman–Crippen MR) is 276 cm³/mol. The van der Waals surface area contributed by atoms with Crippen molar-refractivity contribution in [1.29, 1.82) is 0 Å². The Morgan fingerprint density at radius 2 is 1.69 bits per heavy atom. The zero-order valence-electron chi connectivity index (χ0n) is 45.8. The zero-order valence-corrected chi connectivity index (χ0v) is 45.8. The first-order valence-electron chi connectivity index (χ1n) is 26.4. The number of rotatable bonds is 7. The van der Waals surface area contributed by atoms with Gasteiger partial charge in [0.1, 0.15) is 41.3 Å². The van der Waals surface area contributed by atoms with Gasteiger partial charge in [-0.15, -0.1) is 0 Å². The van der Waals surface area contributed by atoms with Gasteiger partial charge in [-0.3, -0.25) is 24.1 Å². The van der Waals surface area contributed by atoms with Crippen molar-refractivity contribution in [1.82, 2.24) is 24.9 Å². The molecule has 19 heteroatoms. The maximum atomic E-state index is 15.4. The highest BCUT2D eigenvalue weighted by molar-refractivity contribution is 6.35. The second kappa shape index (κ2) is 21.3. The number of Topliss-reactive ketones (excluding diaryl/α,β-unsaturated/α-hetero) is 2. The van der Waals surface area contributed by atoms with Crippen LogP contribution >= 0.6 is 0 Å². The van der Waals surface area contributed by atoms with Crippen LogP contribution in [-0.2, 0) is 40.3 Å². The summed E-state index contributed by atoms with van der Waals surface area (Å²) < 4.78 is 45.8. The first-order valence-corrected chi connectivity index (χ1v) is 26.4. The van der Waals surface area contributed by atoms with E-state index < -0.39 is 82.7 Å². The van der Waals surface area contributed by atoms with Gasteiger partial charge in [0.25, 0.3) is 5.78 Å². The van der Waals surface area contributed by atoms with Crippen molar-refractivity contribution in [2.75, 3.05) is 33.4 Å². The van der Waals surface area contributed by atoms with Crippen molar-refractivity contribution in [3.8, 4) is 11.5 Å². The standard InChI is InChI=1S/C56H76N6O13/c1-15-23-70-53(68)62-45-43(59-56(62)19-21-61(22-20-56)27-29(2)3)40-41-46(64)34(8)50-42(40)51(66)55(12,75-50)71-24-18-37(69-14)32(6)48(72-52(67)36-26-57-60(13)28-36)35(9)49-33(7)38(73-54(10,11)74-49)17-16-30(4)31(5)25-39(63)58-44(45)47(41)65/h15,18,24,26,28-33,35,37-38,48-49,64H,1,16-17,19-23,25,27H2,2-14H3,(H,58,63)/b24-18+/t30-,31?,32-,33-,35+,37+,38+,48-,49?,55+/m1/s1. The van der Waals surface area contributed by atoms with Crippen LogP contribution in [0.2, 0.25) is 0 Å². The molecule has 19 nitrogen and oxygen atoms in total. The number of amides is 2. The molecule has 7 bridgehead atoms. The van der Waals surface area contributed by atoms with Crippen LogP contribution in [0.4, 0.5) is 4.79 Å². The van der Waals surface area contributed by atoms with Crippen molar-refractivity contribution < 1.29 is 62.2 Å². The second-order valence-corrected chi connectivity index (χ2v) is 22.6. The lowest BCUT2D eigenvalue weighted by molar-refractivity contribution is -0.332. The number of aryl methyl sites for hydroxylation is 1. The topological polar surface area (TPSA) is 219 Å². The SMILES string of the molecule is C=CCOC(=O)N1C2=C3NC(=O)CC(C)[C@H](C)CC[C@@H]4OC(C)(C)OC([C@@H](C)[C@H](OC(=O)c5cnn(C)c5)[C@H](C)[C@@H](OC)/C=C/O[C@@]5(C)Oc6c(C)c(O)c(c(c6C5=O)C2=NC12CCN(CC(C)C)CC2)C3=O)[C@@H]4C. The van der Waals surface area contributed by atoms with E-state index in [1.807, 2.05) is 34.6 Å². The number of allylic oxidation sites excluding steroid dienone is 2. The van der Waals surface area contributed by atoms with Gasteiger partial charge in [0, 0.05) is 95.1 Å². The number of carbonyl (C=O) groups is 5. The number of aromatic nitrogens is 2. The largest absolute Gasteiger partial charge is 0.507 e. The number of methoxy groups -OCH3 is 1. The quantitative estimate of drug-likeness (QED) is 0.200. The van der Waals surface area contributed by atoms with Crippen LogP contribution < -0.4 is 10.1 Å². The number of nitrogens with one attached hydrogen (secondary N) is 1. The number of hydrogen-bond acceptors (Lipinski definition) is 16. The summed E-state index contributed by atoms with van der Waals surface area (Å²) in [5.74, 6) is -7.24. The monoisotopic (exact) mass is 1040 g/mol. The number of hydrogen-bond donors (Lipinski definition) is 2. The Labute approximate surface area is 440 Å². The summed E-state index contributed by atoms with van der Waals surface area (Å²) in [7, 11) is 3.23. The number of ether oxygens (including phenoxy) is 7. The minimum atomic E-state index is -2.07. The summed E-state index contributed by atoms with van der Waals surface area (Å²) >= 11 is 0. The van der Waals surface area contributed by atoms with Crippen LogP contribution in [0.25, 0.3) is 0 Å². The van der Waals surface area contributed by atoms with E-state index in [0.29, 0.717) is 44.7 Å². The van der Waals surface area contributed by atoms with E-state index in [9.17, 15) is 19.5 Å². The molecule has 0 saturated carbocycles. The number of nitrogens with zero attached hydrogens (tertiary/aromatic N) is 5. The maximum Gasteiger partial charge on any atom is 0.416 e. The fourth-order valence-corrected chi connectivity index (χ4v) is 11.9. The average molecular weight is 1040 g/mol. The molecule has 7 aliphatic rings. The van der Waals surface area contributed by atoms with E-state index >= 15 is 9.59 Å². The highest BCUT2D eigenvalue weighted by atomic mass is 16.7. The van der Waals surface area contributed by atoms with Gasteiger partial charge in [-0.1, -0.05) is 61.1 Å². The molecule has 408 valence electrons. The van der Waals surface area contributed by atoms with E-state index in [0.717, 1.165) is 6.54 Å². The number of aromatic hydroxyl groups is 1. The molecule has 2 fully saturated rings. The molecular weight excluding hydrogens is 965 g/mol. The summed E-state index contributed by atoms with van der Waals surface area (Å²) in [5, 5.41) is 19.3. The summed E-state index contributed by atoms with van der Waals surface area (Å²) in [5.41, 5.74) is -1.64. The number of benzene rings is 1. The third-order valence-corrected chi connectivity index (χ3v) is 16.2. The summed E-state index contributed by atoms with van der Waals surface area (Å²) in [6.07, 6.45) is 6.12. The number of ketones is 2. The van der Waals surface area contributed by atoms with E-state index in [1.54, 1.807) is 19.3 Å². The Hall–Kier alpha value is -5.89. The van der Waals surface area contributed by atoms with Crippen molar-refractivity contribution in [3.63, 3.8) is 0 Å². The van der Waals surface area contributed by atoms with Gasteiger partial charge in [0.15, 0.2) is 5.79 Å². The Balaban J connectivity index is 1.26. The van der Waals surface area contributed by atoms with E-state index in [-0.39, 0.29) is 87.6 Å². The summed E-state index contributed by atoms with van der Waals surface area (Å²) in [4.78, 5) is 82.6. The molecular formula is C56H76N6O13. The number of esters is 1. The molecule has 2 N–H and O–H groups in total. The first kappa shape index (κ1) is 55.3. The Bertz CT molecular complexity index is 2700. The van der Waals surface area contributed by atoms with Crippen molar-refractivity contribution >= 4 is 35.2 Å². The van der Waals surface area contributed by atoms with Crippen molar-refractivity contribution in [2.45, 2.75) is 150 Å². The smallest absolute Gasteiger partial charge is 0.416 e. The fourth-order valence-electron chi connectivity index (χ4n) is 11.9. The molecule has 0 radical (unpaired) electrons. The predicted octanol–water partition coefficient (Wildman–Crippen LogP) is 7.78. The molecule has 1 spiro atoms. The Kier molecular flexibility index (Phi) is 15.7. The molecule has 2 saturated heterocycles. The van der Waals surface area contributed by atoms with Crippen LogP contribution in [0.5, 0.6) is 11.5 Å². The molecule has 2 amide bonds. The lowest BCUT2D eigenvalue weighted by Gasteiger charge is -2.49. The molecule has 2 unspecified atom stereocenters. The molecule has 7 heterocycles. The number of likely N-dealkylation sites (tertiary alicyclic amines) is 1. The fraction of sp³-hybridized carbons (Fsp3) is 0.625. The van der Waals surface area contributed by atoms with Gasteiger partial charge < -0.3 is 48.5 Å². The van der Waals surface area contributed by atoms with Gasteiger partial charge >= 0.3 is 17.8 Å². The number of piperidine rings is 1. The highest BCUT2D eigenvalue weighted by Gasteiger charge is 2.58. The molecule has 1 aliphatic carbocycles. The Morgan fingerprint density at radius 3 is 2.33 bits per heavy atom. The number of phenolic OH excluding ortho intramolecular Hbond substituents is 1. The minimum Gasteiger partial charge on any atom is -0.507 e. The number of aliphatic imine (C=N–C) groups is 1. The second-order valence-electron chi connectivity index (χ2n) is 22.6. The van der Waals surface area contributed by atoms with E-state index in [1.165, 1.54) is 49.1 Å². The normalized spacial score (nSPS) is 31.3. The molecule has 2 aromatic rings. The van der Waals surface area contributed by atoms with Gasteiger partial charge in [-0.2, -0.15) is 5.10 Å². The molecule has 75 heavy (non-hydrogen) atoms. The average Bonchev–Trinajstić information content (AvgIpc) is 4.02. The number of fused-ring (bicyclic) bond motifs is 11. The molecule has 9 rings (SSSR count). The van der Waals surface area contributed by atoms with Crippen molar-refractivity contribution in [3.05, 3.63) is 76.6 Å². The van der Waals surface area contributed by atoms with Crippen LogP contribution in [-0.4, -0.2) is 135 Å². The minimum absolute atomic E-state index is 0.0105. The molecule has 6 aliphatic heterocycles. The van der Waals surface area contributed by atoms with Gasteiger partial charge in [-0.25, -0.2) is 14.5 Å². The third kappa shape index (κ3) is 10.4. The van der Waals surface area contributed by atoms with Gasteiger partial charge in [0.2, 0.25) is 11.7 Å². The van der Waals surface area contributed by atoms with Crippen LogP contribution in [0, 0.1) is 42.4 Å². The van der Waals surface area contributed by atoms with Crippen LogP contribution in [0.1, 0.15) is 144 Å². The van der Waals surface area contributed by atoms with Crippen molar-refractivity contribution in [2.24, 2.45) is 47.5 Å². The summed E-state index contributed by atoms with van der Waals surface area (Å²) in [6.45, 7) is 26.4. The van der Waals surface area contributed by atoms with Crippen LogP contribution in [0.15, 0.2) is 53.8 Å². The third-order valence-electron chi connectivity index (χ3n) is 16.2. The highest BCUT2D eigenvalue weighted by Crippen LogP contribution is 2.53. The van der Waals surface area contributed by atoms with Crippen LogP contribution in [0.3, 0.4) is 0 Å². The molecule has 1 aromatic heterocycles. The van der Waals surface area contributed by atoms with Gasteiger partial charge in [0.05, 0.1) is 53.2 Å². The lowest BCUT2D eigenvalue weighted by Crippen LogP contribution is -2.55. The molecule has 10 atom stereocenters. The number of carbonyl (C=O) groups excluding carboxylic acids is 5.